The van der Waals surface area contributed by atoms with Crippen LogP contribution in [0.25, 0.3) is 0 Å². The molecule has 2 rings (SSSR count). The van der Waals surface area contributed by atoms with Crippen LogP contribution in [0.3, 0.4) is 0 Å². The minimum Gasteiger partial charge on any atom is -0.344 e. The van der Waals surface area contributed by atoms with Crippen molar-refractivity contribution in [3.8, 4) is 0 Å². The largest absolute Gasteiger partial charge is 0.344 e. The zero-order valence-electron chi connectivity index (χ0n) is 15.0. The lowest BCUT2D eigenvalue weighted by Gasteiger charge is -2.17. The summed E-state index contributed by atoms with van der Waals surface area (Å²) in [6, 6.07) is 3.87. The van der Waals surface area contributed by atoms with Gasteiger partial charge in [0.15, 0.2) is 0 Å². The van der Waals surface area contributed by atoms with Crippen LogP contribution < -0.4 is 5.32 Å². The highest BCUT2D eigenvalue weighted by molar-refractivity contribution is 6.07. The number of amides is 2. The van der Waals surface area contributed by atoms with Crippen LogP contribution in [0, 0.1) is 17.8 Å². The highest BCUT2D eigenvalue weighted by atomic mass is 19.3. The lowest BCUT2D eigenvalue weighted by molar-refractivity contribution is -0.135. The normalized spacial score (nSPS) is 20.6. The molecule has 1 N–H and O–H groups in total. The van der Waals surface area contributed by atoms with Crippen molar-refractivity contribution >= 4 is 17.6 Å². The van der Waals surface area contributed by atoms with Crippen molar-refractivity contribution in [1.29, 1.82) is 0 Å². The molecule has 1 aliphatic rings. The molecule has 0 aromatic carbocycles. The molecule has 0 radical (unpaired) electrons. The molecule has 2 amide bonds. The number of carbonyl (C=O) groups excluding carboxylic acids is 2. The molecule has 1 saturated heterocycles. The third kappa shape index (κ3) is 4.84. The van der Waals surface area contributed by atoms with E-state index >= 15 is 0 Å². The van der Waals surface area contributed by atoms with Gasteiger partial charge in [-0.15, -0.1) is 0 Å². The molecule has 1 aliphatic heterocycles. The van der Waals surface area contributed by atoms with Crippen LogP contribution in [0.4, 0.5) is 19.0 Å². The summed E-state index contributed by atoms with van der Waals surface area (Å²) in [7, 11) is 1.51. The standard InChI is InChI=1S/C19H20F3N3O2/c1-4-6-12(17(21)22)9-11(2)13-10-25(3)19(27)16(13)18(26)24-15-8-5-7-14(20)23-15/h4-9,13,16-17H,2,10H2,1,3H3,(H,23,24,26)/b6-4-,12-9+/t13-,16+/m1/s1. The topological polar surface area (TPSA) is 62.3 Å². The number of carbonyl (C=O) groups is 2. The van der Waals surface area contributed by atoms with Crippen LogP contribution in [0.1, 0.15) is 6.92 Å². The molecule has 1 fully saturated rings. The molecular weight excluding hydrogens is 359 g/mol. The van der Waals surface area contributed by atoms with Gasteiger partial charge in [0.05, 0.1) is 0 Å². The van der Waals surface area contributed by atoms with Crippen molar-refractivity contribution in [2.45, 2.75) is 13.3 Å². The Labute approximate surface area is 155 Å². The van der Waals surface area contributed by atoms with Gasteiger partial charge in [0.1, 0.15) is 11.7 Å². The number of hydrogen-bond acceptors (Lipinski definition) is 3. The van der Waals surface area contributed by atoms with E-state index in [0.29, 0.717) is 0 Å². The minimum absolute atomic E-state index is 0.0376. The summed E-state index contributed by atoms with van der Waals surface area (Å²) >= 11 is 0. The van der Waals surface area contributed by atoms with E-state index in [1.807, 2.05) is 0 Å². The number of halogens is 3. The summed E-state index contributed by atoms with van der Waals surface area (Å²) in [6.45, 7) is 5.55. The van der Waals surface area contributed by atoms with Crippen molar-refractivity contribution in [2.75, 3.05) is 18.9 Å². The fourth-order valence-electron chi connectivity index (χ4n) is 2.91. The Bertz CT molecular complexity index is 805. The highest BCUT2D eigenvalue weighted by Gasteiger charge is 2.44. The predicted molar refractivity (Wildman–Crippen MR) is 95.5 cm³/mol. The Hall–Kier alpha value is -2.90. The van der Waals surface area contributed by atoms with E-state index in [1.54, 1.807) is 6.92 Å². The van der Waals surface area contributed by atoms with Gasteiger partial charge in [0, 0.05) is 25.1 Å². The number of anilines is 1. The Morgan fingerprint density at radius 3 is 2.74 bits per heavy atom. The van der Waals surface area contributed by atoms with E-state index in [-0.39, 0.29) is 23.5 Å². The summed E-state index contributed by atoms with van der Waals surface area (Å²) in [5.41, 5.74) is -0.0103. The Morgan fingerprint density at radius 1 is 1.44 bits per heavy atom. The lowest BCUT2D eigenvalue weighted by atomic mass is 9.87. The summed E-state index contributed by atoms with van der Waals surface area (Å²) in [5.74, 6) is -3.81. The second kappa shape index (κ2) is 8.66. The SMILES string of the molecule is C=C(/C=C(\C=C/C)C(F)F)[C@H]1CN(C)C(=O)[C@@H]1C(=O)Nc1cccc(F)n1. The molecule has 0 bridgehead atoms. The van der Waals surface area contributed by atoms with Crippen LogP contribution >= 0.6 is 0 Å². The van der Waals surface area contributed by atoms with Crippen molar-refractivity contribution in [3.63, 3.8) is 0 Å². The van der Waals surface area contributed by atoms with Gasteiger partial charge in [-0.25, -0.2) is 13.8 Å². The van der Waals surface area contributed by atoms with Gasteiger partial charge in [0.2, 0.25) is 17.8 Å². The van der Waals surface area contributed by atoms with Gasteiger partial charge in [-0.05, 0) is 24.6 Å². The Kier molecular flexibility index (Phi) is 6.55. The van der Waals surface area contributed by atoms with Crippen molar-refractivity contribution in [1.82, 2.24) is 9.88 Å². The molecule has 0 saturated carbocycles. The molecule has 27 heavy (non-hydrogen) atoms. The molecular formula is C19H20F3N3O2. The van der Waals surface area contributed by atoms with E-state index in [2.05, 4.69) is 16.9 Å². The Morgan fingerprint density at radius 2 is 2.15 bits per heavy atom. The summed E-state index contributed by atoms with van der Waals surface area (Å²) in [4.78, 5) is 29.9. The number of likely N-dealkylation sites (tertiary alicyclic amines) is 1. The lowest BCUT2D eigenvalue weighted by Crippen LogP contribution is -2.33. The molecule has 1 aromatic rings. The maximum absolute atomic E-state index is 13.2. The first-order chi connectivity index (χ1) is 12.7. The summed E-state index contributed by atoms with van der Waals surface area (Å²) < 4.78 is 39.4. The molecule has 0 unspecified atom stereocenters. The van der Waals surface area contributed by atoms with Gasteiger partial charge in [-0.2, -0.15) is 4.39 Å². The number of aromatic nitrogens is 1. The third-order valence-corrected chi connectivity index (χ3v) is 4.20. The second-order valence-corrected chi connectivity index (χ2v) is 6.16. The van der Waals surface area contributed by atoms with Gasteiger partial charge in [-0.1, -0.05) is 30.9 Å². The van der Waals surface area contributed by atoms with Crippen LogP contribution in [0.2, 0.25) is 0 Å². The van der Waals surface area contributed by atoms with E-state index in [9.17, 15) is 22.8 Å². The molecule has 2 heterocycles. The number of allylic oxidation sites excluding steroid dienone is 4. The van der Waals surface area contributed by atoms with Crippen LogP contribution in [0.5, 0.6) is 0 Å². The predicted octanol–water partition coefficient (Wildman–Crippen LogP) is 3.19. The second-order valence-electron chi connectivity index (χ2n) is 6.16. The number of nitrogens with zero attached hydrogens (tertiary/aromatic N) is 2. The molecule has 1 aromatic heterocycles. The van der Waals surface area contributed by atoms with Gasteiger partial charge < -0.3 is 10.2 Å². The summed E-state index contributed by atoms with van der Waals surface area (Å²) in [5, 5.41) is 2.40. The molecule has 0 aliphatic carbocycles. The number of hydrogen-bond donors (Lipinski definition) is 1. The van der Waals surface area contributed by atoms with Crippen LogP contribution in [0.15, 0.2) is 54.2 Å². The average molecular weight is 379 g/mol. The fourth-order valence-corrected chi connectivity index (χ4v) is 2.91. The van der Waals surface area contributed by atoms with E-state index in [0.717, 1.165) is 6.07 Å². The van der Waals surface area contributed by atoms with E-state index in [1.165, 1.54) is 42.3 Å². The fraction of sp³-hybridized carbons (Fsp3) is 0.316. The number of pyridine rings is 1. The van der Waals surface area contributed by atoms with Crippen LogP contribution in [-0.2, 0) is 9.59 Å². The van der Waals surface area contributed by atoms with Gasteiger partial charge >= 0.3 is 0 Å². The molecule has 2 atom stereocenters. The first-order valence-corrected chi connectivity index (χ1v) is 8.24. The maximum atomic E-state index is 13.2. The quantitative estimate of drug-likeness (QED) is 0.469. The first-order valence-electron chi connectivity index (χ1n) is 8.24. The maximum Gasteiger partial charge on any atom is 0.263 e. The zero-order chi connectivity index (χ0) is 20.1. The van der Waals surface area contributed by atoms with Crippen LogP contribution in [-0.4, -0.2) is 41.7 Å². The first kappa shape index (κ1) is 20.4. The molecule has 5 nitrogen and oxygen atoms in total. The number of alkyl halides is 2. The minimum atomic E-state index is -2.71. The Balaban J connectivity index is 2.26. The summed E-state index contributed by atoms with van der Waals surface area (Å²) in [6.07, 6.45) is 1.21. The third-order valence-electron chi connectivity index (χ3n) is 4.20. The van der Waals surface area contributed by atoms with Gasteiger partial charge in [-0.3, -0.25) is 9.59 Å². The van der Waals surface area contributed by atoms with E-state index in [4.69, 9.17) is 0 Å². The smallest absolute Gasteiger partial charge is 0.263 e. The van der Waals surface area contributed by atoms with E-state index < -0.39 is 36.0 Å². The van der Waals surface area contributed by atoms with Crippen molar-refractivity contribution in [2.24, 2.45) is 11.8 Å². The number of nitrogens with one attached hydrogen (secondary N) is 1. The van der Waals surface area contributed by atoms with Crippen molar-refractivity contribution in [3.05, 3.63) is 60.1 Å². The molecule has 0 spiro atoms. The number of rotatable bonds is 6. The molecule has 8 heteroatoms. The highest BCUT2D eigenvalue weighted by Crippen LogP contribution is 2.32. The molecule has 144 valence electrons. The monoisotopic (exact) mass is 379 g/mol. The van der Waals surface area contributed by atoms with Gasteiger partial charge in [0.25, 0.3) is 6.43 Å². The van der Waals surface area contributed by atoms with Crippen molar-refractivity contribution < 1.29 is 22.8 Å². The average Bonchev–Trinajstić information content (AvgIpc) is 2.89. The zero-order valence-corrected chi connectivity index (χ0v) is 15.0.